The summed E-state index contributed by atoms with van der Waals surface area (Å²) in [4.78, 5) is 19.6. The minimum Gasteiger partial charge on any atom is -0.350 e. The summed E-state index contributed by atoms with van der Waals surface area (Å²) in [6.45, 7) is 2.49. The van der Waals surface area contributed by atoms with Crippen molar-refractivity contribution in [1.82, 2.24) is 15.2 Å². The largest absolute Gasteiger partial charge is 0.350 e. The molecule has 4 nitrogen and oxygen atoms in total. The summed E-state index contributed by atoms with van der Waals surface area (Å²) in [7, 11) is 4.04. The van der Waals surface area contributed by atoms with Gasteiger partial charge in [-0.25, -0.2) is 0 Å². The second-order valence-electron chi connectivity index (χ2n) is 4.89. The van der Waals surface area contributed by atoms with Crippen molar-refractivity contribution in [1.29, 1.82) is 0 Å². The lowest BCUT2D eigenvalue weighted by Gasteiger charge is -2.23. The lowest BCUT2D eigenvalue weighted by molar-refractivity contribution is 0.0942. The number of aryl methyl sites for hydroxylation is 1. The van der Waals surface area contributed by atoms with Gasteiger partial charge in [-0.2, -0.15) is 0 Å². The van der Waals surface area contributed by atoms with Gasteiger partial charge >= 0.3 is 0 Å². The maximum absolute atomic E-state index is 12.1. The van der Waals surface area contributed by atoms with Gasteiger partial charge in [0.1, 0.15) is 0 Å². The lowest BCUT2D eigenvalue weighted by atomic mass is 10.2. The summed E-state index contributed by atoms with van der Waals surface area (Å²) in [5.74, 6) is -0.0825. The third-order valence-corrected chi connectivity index (χ3v) is 4.10. The number of pyridine rings is 1. The van der Waals surface area contributed by atoms with Crippen molar-refractivity contribution in [3.05, 3.63) is 52.0 Å². The molecule has 1 atom stereocenters. The Bertz CT molecular complexity index is 549. The fraction of sp³-hybridized carbons (Fsp3) is 0.333. The van der Waals surface area contributed by atoms with Crippen LogP contribution in [0, 0.1) is 6.92 Å². The van der Waals surface area contributed by atoms with E-state index in [1.165, 1.54) is 4.88 Å². The van der Waals surface area contributed by atoms with E-state index in [-0.39, 0.29) is 11.9 Å². The molecule has 20 heavy (non-hydrogen) atoms. The molecule has 5 heteroatoms. The molecule has 106 valence electrons. The number of rotatable bonds is 5. The normalized spacial score (nSPS) is 12.4. The molecule has 2 rings (SSSR count). The van der Waals surface area contributed by atoms with Crippen molar-refractivity contribution in [2.24, 2.45) is 0 Å². The van der Waals surface area contributed by atoms with Crippen LogP contribution in [-0.2, 0) is 0 Å². The molecule has 1 N–H and O–H groups in total. The van der Waals surface area contributed by atoms with Crippen molar-refractivity contribution in [2.45, 2.75) is 13.0 Å². The first-order chi connectivity index (χ1) is 9.58. The number of nitrogens with one attached hydrogen (secondary N) is 1. The molecule has 2 aromatic rings. The number of carbonyl (C=O) groups excluding carboxylic acids is 1. The predicted molar refractivity (Wildman–Crippen MR) is 82.1 cm³/mol. The quantitative estimate of drug-likeness (QED) is 0.920. The second kappa shape index (κ2) is 6.63. The van der Waals surface area contributed by atoms with Crippen molar-refractivity contribution in [2.75, 3.05) is 20.6 Å². The highest BCUT2D eigenvalue weighted by molar-refractivity contribution is 7.10. The molecule has 1 amide bonds. The van der Waals surface area contributed by atoms with E-state index in [1.807, 2.05) is 33.2 Å². The van der Waals surface area contributed by atoms with Gasteiger partial charge in [-0.3, -0.25) is 9.78 Å². The molecule has 0 aliphatic carbocycles. The number of nitrogens with zero attached hydrogens (tertiary/aromatic N) is 2. The van der Waals surface area contributed by atoms with Crippen LogP contribution in [0.5, 0.6) is 0 Å². The first-order valence-corrected chi connectivity index (χ1v) is 7.36. The van der Waals surface area contributed by atoms with Crippen LogP contribution in [0.1, 0.15) is 27.0 Å². The first kappa shape index (κ1) is 14.7. The summed E-state index contributed by atoms with van der Waals surface area (Å²) in [6.07, 6.45) is 1.61. The van der Waals surface area contributed by atoms with E-state index >= 15 is 0 Å². The van der Waals surface area contributed by atoms with Gasteiger partial charge in [0.15, 0.2) is 0 Å². The number of carbonyl (C=O) groups is 1. The van der Waals surface area contributed by atoms with Gasteiger partial charge in [-0.1, -0.05) is 6.07 Å². The summed E-state index contributed by atoms with van der Waals surface area (Å²) >= 11 is 1.70. The molecule has 2 aromatic heterocycles. The number of aromatic nitrogens is 1. The van der Waals surface area contributed by atoms with Crippen LogP contribution < -0.4 is 5.32 Å². The highest BCUT2D eigenvalue weighted by Gasteiger charge is 2.16. The molecule has 0 saturated heterocycles. The Morgan fingerprint density at radius 3 is 2.75 bits per heavy atom. The predicted octanol–water partition coefficient (Wildman–Crippen LogP) is 2.48. The Morgan fingerprint density at radius 2 is 2.20 bits per heavy atom. The molecule has 0 aliphatic rings. The molecular formula is C15H19N3OS. The standard InChI is InChI=1S/C15H19N3OS/c1-11-6-7-12(9-16-11)15(19)17-10-13(18(2)3)14-5-4-8-20-14/h4-9,13H,10H2,1-3H3,(H,17,19)/t13-/m0/s1. The Morgan fingerprint density at radius 1 is 1.40 bits per heavy atom. The summed E-state index contributed by atoms with van der Waals surface area (Å²) in [6, 6.07) is 7.96. The van der Waals surface area contributed by atoms with E-state index in [9.17, 15) is 4.79 Å². The topological polar surface area (TPSA) is 45.2 Å². The van der Waals surface area contributed by atoms with Crippen LogP contribution in [0.15, 0.2) is 35.8 Å². The second-order valence-corrected chi connectivity index (χ2v) is 5.87. The molecule has 0 bridgehead atoms. The van der Waals surface area contributed by atoms with Crippen LogP contribution in [0.25, 0.3) is 0 Å². The van der Waals surface area contributed by atoms with Crippen molar-refractivity contribution in [3.63, 3.8) is 0 Å². The molecule has 0 aliphatic heterocycles. The zero-order valence-corrected chi connectivity index (χ0v) is 12.8. The van der Waals surface area contributed by atoms with E-state index in [4.69, 9.17) is 0 Å². The van der Waals surface area contributed by atoms with Crippen LogP contribution >= 0.6 is 11.3 Å². The monoisotopic (exact) mass is 289 g/mol. The molecule has 0 fully saturated rings. The molecule has 0 radical (unpaired) electrons. The summed E-state index contributed by atoms with van der Waals surface area (Å²) in [5.41, 5.74) is 1.51. The fourth-order valence-electron chi connectivity index (χ4n) is 1.91. The van der Waals surface area contributed by atoms with Crippen LogP contribution in [0.2, 0.25) is 0 Å². The SMILES string of the molecule is Cc1ccc(C(=O)NC[C@@H](c2cccs2)N(C)C)cn1. The molecule has 0 aromatic carbocycles. The van der Waals surface area contributed by atoms with Gasteiger partial charge in [-0.15, -0.1) is 11.3 Å². The minimum atomic E-state index is -0.0825. The zero-order chi connectivity index (χ0) is 14.5. The smallest absolute Gasteiger partial charge is 0.252 e. The van der Waals surface area contributed by atoms with Crippen LogP contribution in [-0.4, -0.2) is 36.4 Å². The third-order valence-electron chi connectivity index (χ3n) is 3.12. The number of hydrogen-bond acceptors (Lipinski definition) is 4. The average Bonchev–Trinajstić information content (AvgIpc) is 2.93. The maximum atomic E-state index is 12.1. The Balaban J connectivity index is 1.99. The maximum Gasteiger partial charge on any atom is 0.252 e. The molecule has 2 heterocycles. The van der Waals surface area contributed by atoms with Gasteiger partial charge in [0.25, 0.3) is 5.91 Å². The Kier molecular flexibility index (Phi) is 4.87. The number of hydrogen-bond donors (Lipinski definition) is 1. The van der Waals surface area contributed by atoms with Crippen LogP contribution in [0.3, 0.4) is 0 Å². The van der Waals surface area contributed by atoms with Crippen molar-refractivity contribution in [3.8, 4) is 0 Å². The number of thiophene rings is 1. The van der Waals surface area contributed by atoms with Crippen molar-refractivity contribution >= 4 is 17.2 Å². The van der Waals surface area contributed by atoms with E-state index in [0.717, 1.165) is 5.69 Å². The van der Waals surface area contributed by atoms with E-state index in [0.29, 0.717) is 12.1 Å². The molecule has 0 saturated carbocycles. The number of likely N-dealkylation sites (N-methyl/N-ethyl adjacent to an activating group) is 1. The van der Waals surface area contributed by atoms with Gasteiger partial charge in [-0.05, 0) is 44.6 Å². The van der Waals surface area contributed by atoms with Crippen molar-refractivity contribution < 1.29 is 4.79 Å². The minimum absolute atomic E-state index is 0.0825. The Labute approximate surface area is 123 Å². The average molecular weight is 289 g/mol. The molecule has 0 spiro atoms. The van der Waals surface area contributed by atoms with Gasteiger partial charge in [0.2, 0.25) is 0 Å². The first-order valence-electron chi connectivity index (χ1n) is 6.48. The Hall–Kier alpha value is -1.72. The highest BCUT2D eigenvalue weighted by Crippen LogP contribution is 2.22. The van der Waals surface area contributed by atoms with Gasteiger partial charge in [0.05, 0.1) is 11.6 Å². The zero-order valence-electron chi connectivity index (χ0n) is 12.0. The molecular weight excluding hydrogens is 270 g/mol. The molecule has 0 unspecified atom stereocenters. The van der Waals surface area contributed by atoms with E-state index in [1.54, 1.807) is 23.6 Å². The van der Waals surface area contributed by atoms with E-state index in [2.05, 4.69) is 26.6 Å². The summed E-state index contributed by atoms with van der Waals surface area (Å²) < 4.78 is 0. The fourth-order valence-corrected chi connectivity index (χ4v) is 2.83. The van der Waals surface area contributed by atoms with E-state index < -0.39 is 0 Å². The third kappa shape index (κ3) is 3.65. The highest BCUT2D eigenvalue weighted by atomic mass is 32.1. The lowest BCUT2D eigenvalue weighted by Crippen LogP contribution is -2.34. The van der Waals surface area contributed by atoms with Gasteiger partial charge in [0, 0.05) is 23.3 Å². The van der Waals surface area contributed by atoms with Crippen LogP contribution in [0.4, 0.5) is 0 Å². The number of amides is 1. The summed E-state index contributed by atoms with van der Waals surface area (Å²) in [5, 5.41) is 5.03. The van der Waals surface area contributed by atoms with Gasteiger partial charge < -0.3 is 10.2 Å².